The molecule has 1 N–H and O–H groups in total. The average Bonchev–Trinajstić information content (AvgIpc) is 2.66. The van der Waals surface area contributed by atoms with Crippen LogP contribution in [0.5, 0.6) is 0 Å². The van der Waals surface area contributed by atoms with Gasteiger partial charge in [0.05, 0.1) is 18.4 Å². The number of fused-ring (bicyclic) bond motifs is 1. The molecule has 1 aliphatic heterocycles. The van der Waals surface area contributed by atoms with Crippen LogP contribution in [0.1, 0.15) is 31.6 Å². The molecule has 1 saturated heterocycles. The highest BCUT2D eigenvalue weighted by Crippen LogP contribution is 2.43. The van der Waals surface area contributed by atoms with Crippen LogP contribution < -0.4 is 5.32 Å². The zero-order valence-corrected chi connectivity index (χ0v) is 9.88. The first kappa shape index (κ1) is 10.3. The zero-order chi connectivity index (χ0) is 11.2. The maximum Gasteiger partial charge on any atom is 0.145 e. The summed E-state index contributed by atoms with van der Waals surface area (Å²) in [5.41, 5.74) is 1.17. The lowest BCUT2D eigenvalue weighted by Crippen LogP contribution is -2.55. The fraction of sp³-hybridized carbons (Fsp3) is 0.750. The first-order chi connectivity index (χ1) is 7.61. The van der Waals surface area contributed by atoms with Crippen LogP contribution in [0.25, 0.3) is 0 Å². The third-order valence-corrected chi connectivity index (χ3v) is 3.67. The highest BCUT2D eigenvalue weighted by molar-refractivity contribution is 5.29. The molecule has 2 heterocycles. The molecule has 4 nitrogen and oxygen atoms in total. The smallest absolute Gasteiger partial charge is 0.145 e. The summed E-state index contributed by atoms with van der Waals surface area (Å²) in [7, 11) is 0. The Morgan fingerprint density at radius 3 is 3.06 bits per heavy atom. The SMILES string of the molecule is CC1(C)CC2(CNCCO2)Cc2cnoc21. The Morgan fingerprint density at radius 2 is 2.31 bits per heavy atom. The Bertz CT molecular complexity index is 391. The lowest BCUT2D eigenvalue weighted by atomic mass is 9.69. The van der Waals surface area contributed by atoms with E-state index in [1.807, 2.05) is 6.20 Å². The van der Waals surface area contributed by atoms with E-state index in [2.05, 4.69) is 24.3 Å². The second-order valence-corrected chi connectivity index (χ2v) is 5.63. The van der Waals surface area contributed by atoms with Crippen molar-refractivity contribution in [1.29, 1.82) is 0 Å². The summed E-state index contributed by atoms with van der Waals surface area (Å²) in [6.45, 7) is 7.10. The highest BCUT2D eigenvalue weighted by Gasteiger charge is 2.47. The first-order valence-electron chi connectivity index (χ1n) is 5.90. The minimum Gasteiger partial charge on any atom is -0.372 e. The molecule has 88 valence electrons. The third kappa shape index (κ3) is 1.48. The fourth-order valence-corrected chi connectivity index (χ4v) is 3.17. The van der Waals surface area contributed by atoms with Crippen molar-refractivity contribution in [2.45, 2.75) is 37.7 Å². The van der Waals surface area contributed by atoms with Gasteiger partial charge < -0.3 is 14.6 Å². The van der Waals surface area contributed by atoms with Crippen LogP contribution in [0.2, 0.25) is 0 Å². The molecular weight excluding hydrogens is 204 g/mol. The van der Waals surface area contributed by atoms with Gasteiger partial charge in [0.2, 0.25) is 0 Å². The summed E-state index contributed by atoms with van der Waals surface area (Å²) >= 11 is 0. The molecule has 2 aliphatic rings. The summed E-state index contributed by atoms with van der Waals surface area (Å²) in [5, 5.41) is 7.36. The minimum absolute atomic E-state index is 0.0170. The van der Waals surface area contributed by atoms with Crippen molar-refractivity contribution >= 4 is 0 Å². The Kier molecular flexibility index (Phi) is 2.13. The molecule has 1 fully saturated rings. The molecule has 3 rings (SSSR count). The van der Waals surface area contributed by atoms with E-state index in [9.17, 15) is 0 Å². The molecule has 16 heavy (non-hydrogen) atoms. The van der Waals surface area contributed by atoms with Gasteiger partial charge in [-0.1, -0.05) is 19.0 Å². The molecule has 4 heteroatoms. The van der Waals surface area contributed by atoms with Gasteiger partial charge in [0.1, 0.15) is 5.76 Å². The molecule has 1 unspecified atom stereocenters. The molecule has 1 aromatic rings. The van der Waals surface area contributed by atoms with Crippen molar-refractivity contribution in [3.63, 3.8) is 0 Å². The summed E-state index contributed by atoms with van der Waals surface area (Å²) in [5.74, 6) is 1.03. The number of hydrogen-bond donors (Lipinski definition) is 1. The van der Waals surface area contributed by atoms with Gasteiger partial charge in [-0.3, -0.25) is 0 Å². The molecule has 0 radical (unpaired) electrons. The van der Waals surface area contributed by atoms with E-state index in [0.717, 1.165) is 38.3 Å². The van der Waals surface area contributed by atoms with Gasteiger partial charge in [-0.25, -0.2) is 0 Å². The van der Waals surface area contributed by atoms with E-state index >= 15 is 0 Å². The van der Waals surface area contributed by atoms with Gasteiger partial charge in [-0.2, -0.15) is 0 Å². The molecule has 1 aliphatic carbocycles. The number of ether oxygens (including phenoxy) is 1. The maximum absolute atomic E-state index is 6.04. The number of aromatic nitrogens is 1. The van der Waals surface area contributed by atoms with Gasteiger partial charge in [0, 0.05) is 30.5 Å². The first-order valence-corrected chi connectivity index (χ1v) is 5.90. The monoisotopic (exact) mass is 222 g/mol. The second-order valence-electron chi connectivity index (χ2n) is 5.63. The predicted octanol–water partition coefficient (Wildman–Crippen LogP) is 1.26. The molecule has 0 aromatic carbocycles. The van der Waals surface area contributed by atoms with Crippen LogP contribution in [-0.4, -0.2) is 30.5 Å². The Hall–Kier alpha value is -0.870. The van der Waals surface area contributed by atoms with Crippen LogP contribution in [0, 0.1) is 0 Å². The molecular formula is C12H18N2O2. The number of nitrogens with one attached hydrogen (secondary N) is 1. The Balaban J connectivity index is 1.98. The zero-order valence-electron chi connectivity index (χ0n) is 9.88. The summed E-state index contributed by atoms with van der Waals surface area (Å²) in [4.78, 5) is 0. The molecule has 1 aromatic heterocycles. The van der Waals surface area contributed by atoms with Crippen molar-refractivity contribution in [2.75, 3.05) is 19.7 Å². The van der Waals surface area contributed by atoms with E-state index < -0.39 is 0 Å². The predicted molar refractivity (Wildman–Crippen MR) is 59.4 cm³/mol. The lowest BCUT2D eigenvalue weighted by molar-refractivity contribution is -0.0889. The molecule has 1 spiro atoms. The molecule has 0 bridgehead atoms. The Morgan fingerprint density at radius 1 is 1.44 bits per heavy atom. The standard InChI is InChI=1S/C12H18N2O2/c1-11(2)7-12(8-13-3-4-15-12)5-9-6-14-16-10(9)11/h6,13H,3-5,7-8H2,1-2H3. The third-order valence-electron chi connectivity index (χ3n) is 3.67. The summed E-state index contributed by atoms with van der Waals surface area (Å²) < 4.78 is 11.4. The van der Waals surface area contributed by atoms with Crippen molar-refractivity contribution in [2.24, 2.45) is 0 Å². The summed E-state index contributed by atoms with van der Waals surface area (Å²) in [6.07, 6.45) is 3.76. The minimum atomic E-state index is -0.0553. The van der Waals surface area contributed by atoms with Gasteiger partial charge in [-0.15, -0.1) is 0 Å². The van der Waals surface area contributed by atoms with Crippen LogP contribution in [0.3, 0.4) is 0 Å². The number of rotatable bonds is 0. The molecule has 0 saturated carbocycles. The van der Waals surface area contributed by atoms with E-state index in [1.165, 1.54) is 5.56 Å². The van der Waals surface area contributed by atoms with E-state index in [4.69, 9.17) is 9.26 Å². The van der Waals surface area contributed by atoms with Crippen LogP contribution in [0.15, 0.2) is 10.7 Å². The summed E-state index contributed by atoms with van der Waals surface area (Å²) in [6, 6.07) is 0. The van der Waals surface area contributed by atoms with Crippen LogP contribution >= 0.6 is 0 Å². The fourth-order valence-electron chi connectivity index (χ4n) is 3.17. The number of morpholine rings is 1. The normalized spacial score (nSPS) is 32.6. The highest BCUT2D eigenvalue weighted by atomic mass is 16.5. The van der Waals surface area contributed by atoms with Gasteiger partial charge in [0.15, 0.2) is 0 Å². The quantitative estimate of drug-likeness (QED) is 0.718. The van der Waals surface area contributed by atoms with Gasteiger partial charge in [0.25, 0.3) is 0 Å². The van der Waals surface area contributed by atoms with Crippen molar-refractivity contribution in [3.05, 3.63) is 17.5 Å². The number of nitrogens with zero attached hydrogens (tertiary/aromatic N) is 1. The van der Waals surface area contributed by atoms with Crippen molar-refractivity contribution in [1.82, 2.24) is 10.5 Å². The van der Waals surface area contributed by atoms with Gasteiger partial charge >= 0.3 is 0 Å². The second kappa shape index (κ2) is 3.31. The molecule has 1 atom stereocenters. The lowest BCUT2D eigenvalue weighted by Gasteiger charge is -2.45. The maximum atomic E-state index is 6.04. The van der Waals surface area contributed by atoms with Crippen LogP contribution in [-0.2, 0) is 16.6 Å². The molecule has 0 amide bonds. The van der Waals surface area contributed by atoms with E-state index in [-0.39, 0.29) is 11.0 Å². The average molecular weight is 222 g/mol. The van der Waals surface area contributed by atoms with Gasteiger partial charge in [-0.05, 0) is 6.42 Å². The Labute approximate surface area is 95.3 Å². The topological polar surface area (TPSA) is 47.3 Å². The number of hydrogen-bond acceptors (Lipinski definition) is 4. The van der Waals surface area contributed by atoms with E-state index in [1.54, 1.807) is 0 Å². The van der Waals surface area contributed by atoms with Crippen molar-refractivity contribution < 1.29 is 9.26 Å². The largest absolute Gasteiger partial charge is 0.372 e. The van der Waals surface area contributed by atoms with E-state index in [0.29, 0.717) is 0 Å². The van der Waals surface area contributed by atoms with Crippen molar-refractivity contribution in [3.8, 4) is 0 Å². The van der Waals surface area contributed by atoms with Crippen LogP contribution in [0.4, 0.5) is 0 Å².